The van der Waals surface area contributed by atoms with Gasteiger partial charge in [0, 0.05) is 17.1 Å². The van der Waals surface area contributed by atoms with Crippen LogP contribution in [-0.4, -0.2) is 58.5 Å². The second-order valence-corrected chi connectivity index (χ2v) is 7.59. The zero-order chi connectivity index (χ0) is 23.7. The van der Waals surface area contributed by atoms with Crippen LogP contribution in [0.4, 0.5) is 0 Å². The van der Waals surface area contributed by atoms with Crippen LogP contribution < -0.4 is 27.8 Å². The number of hydrogen-bond acceptors (Lipinski definition) is 6. The third-order valence-electron chi connectivity index (χ3n) is 5.05. The molecule has 1 aromatic heterocycles. The van der Waals surface area contributed by atoms with Gasteiger partial charge in [-0.15, -0.1) is 0 Å². The number of para-hydroxylation sites is 1. The maximum Gasteiger partial charge on any atom is 0.326 e. The number of unbranched alkanes of at least 4 members (excludes halogenated alkanes) is 1. The minimum atomic E-state index is -1.34. The Bertz CT molecular complexity index is 959. The number of carboxylic acid groups (broad SMARTS) is 1. The molecule has 0 saturated heterocycles. The summed E-state index contributed by atoms with van der Waals surface area (Å²) in [5, 5.41) is 15.0. The van der Waals surface area contributed by atoms with Crippen molar-refractivity contribution >= 4 is 34.6 Å². The average Bonchev–Trinajstić information content (AvgIpc) is 3.14. The van der Waals surface area contributed by atoms with Crippen LogP contribution in [0.25, 0.3) is 10.9 Å². The number of aromatic amines is 1. The molecule has 0 aliphatic heterocycles. The third kappa shape index (κ3) is 7.06. The summed E-state index contributed by atoms with van der Waals surface area (Å²) in [7, 11) is 0. The van der Waals surface area contributed by atoms with E-state index < -0.39 is 48.2 Å². The smallest absolute Gasteiger partial charge is 0.326 e. The van der Waals surface area contributed by atoms with Gasteiger partial charge in [0.1, 0.15) is 12.1 Å². The van der Waals surface area contributed by atoms with Gasteiger partial charge in [-0.2, -0.15) is 0 Å². The highest BCUT2D eigenvalue weighted by Gasteiger charge is 2.29. The highest BCUT2D eigenvalue weighted by atomic mass is 16.4. The molecule has 11 nitrogen and oxygen atoms in total. The van der Waals surface area contributed by atoms with Crippen LogP contribution in [0, 0.1) is 0 Å². The lowest BCUT2D eigenvalue weighted by Crippen LogP contribution is -2.55. The number of nitrogens with two attached hydrogens (primary N) is 3. The molecule has 0 unspecified atom stereocenters. The third-order valence-corrected chi connectivity index (χ3v) is 5.05. The van der Waals surface area contributed by atoms with E-state index >= 15 is 0 Å². The molecule has 0 aliphatic rings. The van der Waals surface area contributed by atoms with Crippen LogP contribution in [0.1, 0.15) is 31.2 Å². The van der Waals surface area contributed by atoms with E-state index in [0.29, 0.717) is 19.4 Å². The Labute approximate surface area is 185 Å². The van der Waals surface area contributed by atoms with E-state index in [9.17, 15) is 24.3 Å². The first-order chi connectivity index (χ1) is 15.2. The van der Waals surface area contributed by atoms with Gasteiger partial charge < -0.3 is 37.9 Å². The number of aromatic nitrogens is 1. The van der Waals surface area contributed by atoms with Crippen molar-refractivity contribution in [3.63, 3.8) is 0 Å². The highest BCUT2D eigenvalue weighted by Crippen LogP contribution is 2.18. The number of nitrogens with one attached hydrogen (secondary N) is 3. The predicted molar refractivity (Wildman–Crippen MR) is 118 cm³/mol. The van der Waals surface area contributed by atoms with Gasteiger partial charge in [-0.3, -0.25) is 14.4 Å². The molecule has 0 aliphatic carbocycles. The van der Waals surface area contributed by atoms with Crippen LogP contribution >= 0.6 is 0 Å². The number of rotatable bonds is 13. The van der Waals surface area contributed by atoms with Gasteiger partial charge in [-0.05, 0) is 43.9 Å². The normalized spacial score (nSPS) is 13.8. The summed E-state index contributed by atoms with van der Waals surface area (Å²) >= 11 is 0. The number of carboxylic acids is 1. The average molecular weight is 447 g/mol. The number of amides is 3. The molecular formula is C21H30N6O5. The topological polar surface area (TPSA) is 206 Å². The molecule has 174 valence electrons. The number of benzene rings is 1. The maximum absolute atomic E-state index is 12.6. The SMILES string of the molecule is NCCCC[C@H](NC(=O)[C@H](CC(N)=O)NC(=O)[C@@H](N)Cc1c[nH]c2ccccc12)C(=O)O. The molecule has 1 heterocycles. The van der Waals surface area contributed by atoms with E-state index in [1.54, 1.807) is 6.20 Å². The summed E-state index contributed by atoms with van der Waals surface area (Å²) in [6.45, 7) is 0.398. The van der Waals surface area contributed by atoms with E-state index in [1.165, 1.54) is 0 Å². The first-order valence-electron chi connectivity index (χ1n) is 10.4. The van der Waals surface area contributed by atoms with Crippen LogP contribution in [0.15, 0.2) is 30.5 Å². The zero-order valence-electron chi connectivity index (χ0n) is 17.7. The largest absolute Gasteiger partial charge is 0.480 e. The first-order valence-corrected chi connectivity index (χ1v) is 10.4. The highest BCUT2D eigenvalue weighted by molar-refractivity contribution is 5.95. The van der Waals surface area contributed by atoms with Gasteiger partial charge in [0.2, 0.25) is 17.7 Å². The molecule has 1 aromatic carbocycles. The van der Waals surface area contributed by atoms with Crippen molar-refractivity contribution in [3.8, 4) is 0 Å². The van der Waals surface area contributed by atoms with E-state index in [4.69, 9.17) is 17.2 Å². The molecule has 32 heavy (non-hydrogen) atoms. The van der Waals surface area contributed by atoms with E-state index in [2.05, 4.69) is 15.6 Å². The summed E-state index contributed by atoms with van der Waals surface area (Å²) in [5.41, 5.74) is 18.4. The Morgan fingerprint density at radius 2 is 1.72 bits per heavy atom. The number of carbonyl (C=O) groups excluding carboxylic acids is 3. The second-order valence-electron chi connectivity index (χ2n) is 7.59. The number of H-pyrrole nitrogens is 1. The molecule has 3 amide bonds. The predicted octanol–water partition coefficient (Wildman–Crippen LogP) is -0.904. The fraction of sp³-hybridized carbons (Fsp3) is 0.429. The van der Waals surface area contributed by atoms with Gasteiger partial charge in [-0.1, -0.05) is 18.2 Å². The molecule has 10 N–H and O–H groups in total. The minimum absolute atomic E-state index is 0.162. The Morgan fingerprint density at radius 3 is 2.38 bits per heavy atom. The van der Waals surface area contributed by atoms with Gasteiger partial charge >= 0.3 is 5.97 Å². The van der Waals surface area contributed by atoms with Crippen molar-refractivity contribution in [1.82, 2.24) is 15.6 Å². The molecule has 3 atom stereocenters. The van der Waals surface area contributed by atoms with Crippen molar-refractivity contribution in [3.05, 3.63) is 36.0 Å². The molecule has 0 radical (unpaired) electrons. The van der Waals surface area contributed by atoms with E-state index in [1.807, 2.05) is 24.3 Å². The van der Waals surface area contributed by atoms with Crippen molar-refractivity contribution in [1.29, 1.82) is 0 Å². The summed E-state index contributed by atoms with van der Waals surface area (Å²) in [4.78, 5) is 51.2. The number of hydrogen-bond donors (Lipinski definition) is 7. The van der Waals surface area contributed by atoms with Crippen LogP contribution in [-0.2, 0) is 25.6 Å². The quantitative estimate of drug-likeness (QED) is 0.193. The molecule has 0 bridgehead atoms. The Hall–Kier alpha value is -3.44. The van der Waals surface area contributed by atoms with Gasteiger partial charge in [0.05, 0.1) is 12.5 Å². The standard InChI is InChI=1S/C21H30N6O5/c22-8-4-3-7-16(21(31)32)26-20(30)17(10-18(24)28)27-19(29)14(23)9-12-11-25-15-6-2-1-5-13(12)15/h1-2,5-6,11,14,16-17,25H,3-4,7-10,22-23H2,(H2,24,28)(H,26,30)(H,27,29)(H,31,32)/t14-,16-,17-/m0/s1. The van der Waals surface area contributed by atoms with E-state index in [0.717, 1.165) is 16.5 Å². The lowest BCUT2D eigenvalue weighted by Gasteiger charge is -2.22. The van der Waals surface area contributed by atoms with Crippen LogP contribution in [0.2, 0.25) is 0 Å². The summed E-state index contributed by atoms with van der Waals surface area (Å²) in [6.07, 6.45) is 2.71. The number of aliphatic carboxylic acids is 1. The summed E-state index contributed by atoms with van der Waals surface area (Å²) < 4.78 is 0. The Kier molecular flexibility index (Phi) is 9.17. The Morgan fingerprint density at radius 1 is 1.03 bits per heavy atom. The van der Waals surface area contributed by atoms with Gasteiger partial charge in [0.15, 0.2) is 0 Å². The number of fused-ring (bicyclic) bond motifs is 1. The number of carbonyl (C=O) groups is 4. The molecular weight excluding hydrogens is 416 g/mol. The van der Waals surface area contributed by atoms with Crippen LogP contribution in [0.3, 0.4) is 0 Å². The molecule has 11 heteroatoms. The molecule has 2 aromatic rings. The van der Waals surface area contributed by atoms with Crippen molar-refractivity contribution in [2.45, 2.75) is 50.2 Å². The summed E-state index contributed by atoms with van der Waals surface area (Å²) in [6, 6.07) is 4.01. The van der Waals surface area contributed by atoms with E-state index in [-0.39, 0.29) is 12.8 Å². The van der Waals surface area contributed by atoms with Crippen molar-refractivity contribution in [2.24, 2.45) is 17.2 Å². The second kappa shape index (κ2) is 11.8. The first kappa shape index (κ1) is 24.8. The van der Waals surface area contributed by atoms with Gasteiger partial charge in [-0.25, -0.2) is 4.79 Å². The fourth-order valence-electron chi connectivity index (χ4n) is 3.34. The van der Waals surface area contributed by atoms with Crippen molar-refractivity contribution in [2.75, 3.05) is 6.54 Å². The zero-order valence-corrected chi connectivity index (χ0v) is 17.7. The minimum Gasteiger partial charge on any atom is -0.480 e. The lowest BCUT2D eigenvalue weighted by molar-refractivity contribution is -0.142. The van der Waals surface area contributed by atoms with Gasteiger partial charge in [0.25, 0.3) is 0 Å². The lowest BCUT2D eigenvalue weighted by atomic mass is 10.0. The van der Waals surface area contributed by atoms with Crippen LogP contribution in [0.5, 0.6) is 0 Å². The molecule has 0 spiro atoms. The molecule has 0 saturated carbocycles. The van der Waals surface area contributed by atoms with Crippen molar-refractivity contribution < 1.29 is 24.3 Å². The molecule has 2 rings (SSSR count). The number of primary amides is 1. The molecule has 0 fully saturated rings. The Balaban J connectivity index is 2.04. The fourth-order valence-corrected chi connectivity index (χ4v) is 3.34. The monoisotopic (exact) mass is 446 g/mol. The maximum atomic E-state index is 12.6. The summed E-state index contributed by atoms with van der Waals surface area (Å²) in [5.74, 6) is -3.54.